The normalized spacial score (nSPS) is 57.2. The zero-order valence-corrected chi connectivity index (χ0v) is 18.8. The number of hydrogen-bond donors (Lipinski definition) is 0. The van der Waals surface area contributed by atoms with Gasteiger partial charge < -0.3 is 9.47 Å². The van der Waals surface area contributed by atoms with Crippen LogP contribution in [0.25, 0.3) is 0 Å². The molecule has 0 aliphatic heterocycles. The van der Waals surface area contributed by atoms with Gasteiger partial charge in [0.25, 0.3) is 0 Å². The number of rotatable bonds is 4. The molecule has 7 unspecified atom stereocenters. The lowest BCUT2D eigenvalue weighted by molar-refractivity contribution is -0.206. The Hall–Kier alpha value is -1.32. The van der Waals surface area contributed by atoms with Crippen LogP contribution in [-0.4, -0.2) is 23.1 Å². The van der Waals surface area contributed by atoms with Crippen LogP contribution in [0.1, 0.15) is 77.6 Å². The molecule has 168 valence electrons. The lowest BCUT2D eigenvalue weighted by Crippen LogP contribution is -2.58. The SMILES string of the molecule is C=CC(=O)OC12C3CC(C(=O)OC45CC6CC(CC(C6)C4)C5)C(C3)C1C1CCC2(C)C1. The number of esters is 2. The van der Waals surface area contributed by atoms with Gasteiger partial charge in [0, 0.05) is 23.3 Å². The molecule has 0 radical (unpaired) electrons. The van der Waals surface area contributed by atoms with Crippen LogP contribution in [0, 0.1) is 52.8 Å². The van der Waals surface area contributed by atoms with Crippen molar-refractivity contribution in [3.63, 3.8) is 0 Å². The van der Waals surface area contributed by atoms with Gasteiger partial charge in [-0.15, -0.1) is 0 Å². The number of carbonyl (C=O) groups is 2. The van der Waals surface area contributed by atoms with Gasteiger partial charge in [-0.05, 0) is 100 Å². The van der Waals surface area contributed by atoms with Crippen LogP contribution in [0.4, 0.5) is 0 Å². The fraction of sp³-hybridized carbons (Fsp3) is 0.852. The fourth-order valence-electron chi connectivity index (χ4n) is 11.1. The number of ether oxygens (including phenoxy) is 2. The van der Waals surface area contributed by atoms with Gasteiger partial charge in [-0.1, -0.05) is 13.5 Å². The van der Waals surface area contributed by atoms with Crippen LogP contribution in [-0.2, 0) is 19.1 Å². The summed E-state index contributed by atoms with van der Waals surface area (Å²) < 4.78 is 12.8. The molecule has 8 saturated carbocycles. The molecule has 7 atom stereocenters. The Morgan fingerprint density at radius 2 is 1.61 bits per heavy atom. The second kappa shape index (κ2) is 5.97. The standard InChI is InChI=1S/C27H36O4/c1-3-22(28)30-27-19-9-20(23(27)18-4-5-25(27,2)14-18)21(10-19)24(29)31-26-11-15-6-16(12-26)8-17(7-15)13-26/h3,15-21,23H,1,4-14H2,2H3. The van der Waals surface area contributed by atoms with Gasteiger partial charge in [-0.2, -0.15) is 0 Å². The maximum absolute atomic E-state index is 13.6. The molecule has 0 spiro atoms. The van der Waals surface area contributed by atoms with E-state index in [4.69, 9.17) is 9.47 Å². The van der Waals surface area contributed by atoms with Crippen molar-refractivity contribution < 1.29 is 19.1 Å². The Morgan fingerprint density at radius 3 is 2.26 bits per heavy atom. The van der Waals surface area contributed by atoms with Crippen molar-refractivity contribution >= 4 is 11.9 Å². The number of hydrogen-bond acceptors (Lipinski definition) is 4. The minimum atomic E-state index is -0.372. The average Bonchev–Trinajstić information content (AvgIpc) is 3.43. The molecular weight excluding hydrogens is 388 g/mol. The summed E-state index contributed by atoms with van der Waals surface area (Å²) in [4.78, 5) is 26.0. The van der Waals surface area contributed by atoms with Gasteiger partial charge >= 0.3 is 11.9 Å². The predicted molar refractivity (Wildman–Crippen MR) is 115 cm³/mol. The maximum atomic E-state index is 13.6. The second-order valence-corrected chi connectivity index (χ2v) is 13.0. The van der Waals surface area contributed by atoms with Gasteiger partial charge in [0.1, 0.15) is 11.2 Å². The highest BCUT2D eigenvalue weighted by atomic mass is 16.6. The molecular formula is C27H36O4. The van der Waals surface area contributed by atoms with E-state index in [2.05, 4.69) is 13.5 Å². The molecule has 0 N–H and O–H groups in total. The fourth-order valence-corrected chi connectivity index (χ4v) is 11.1. The van der Waals surface area contributed by atoms with Crippen molar-refractivity contribution in [2.24, 2.45) is 52.8 Å². The van der Waals surface area contributed by atoms with Crippen LogP contribution in [0.15, 0.2) is 12.7 Å². The molecule has 0 aromatic heterocycles. The van der Waals surface area contributed by atoms with Crippen LogP contribution in [0.5, 0.6) is 0 Å². The first-order valence-electron chi connectivity index (χ1n) is 12.9. The van der Waals surface area contributed by atoms with Gasteiger partial charge in [-0.3, -0.25) is 4.79 Å². The van der Waals surface area contributed by atoms with E-state index < -0.39 is 0 Å². The van der Waals surface area contributed by atoms with E-state index in [1.807, 2.05) is 0 Å². The summed E-state index contributed by atoms with van der Waals surface area (Å²) >= 11 is 0. The van der Waals surface area contributed by atoms with E-state index in [0.29, 0.717) is 23.7 Å². The van der Waals surface area contributed by atoms with E-state index in [1.165, 1.54) is 31.8 Å². The Labute approximate surface area is 185 Å². The third kappa shape index (κ3) is 2.33. The number of carbonyl (C=O) groups excluding carboxylic acids is 2. The molecule has 4 nitrogen and oxygen atoms in total. The third-order valence-electron chi connectivity index (χ3n) is 11.4. The molecule has 0 amide bonds. The summed E-state index contributed by atoms with van der Waals surface area (Å²) in [6.45, 7) is 6.00. The molecule has 8 rings (SSSR count). The zero-order valence-electron chi connectivity index (χ0n) is 18.8. The largest absolute Gasteiger partial charge is 0.459 e. The summed E-state index contributed by atoms with van der Waals surface area (Å²) in [5.74, 6) is 3.75. The van der Waals surface area contributed by atoms with Crippen molar-refractivity contribution in [2.75, 3.05) is 0 Å². The first kappa shape index (κ1) is 19.2. The summed E-state index contributed by atoms with van der Waals surface area (Å²) in [5, 5.41) is 0. The van der Waals surface area contributed by atoms with Crippen molar-refractivity contribution in [3.8, 4) is 0 Å². The maximum Gasteiger partial charge on any atom is 0.330 e. The molecule has 0 saturated heterocycles. The van der Waals surface area contributed by atoms with E-state index in [9.17, 15) is 9.59 Å². The average molecular weight is 425 g/mol. The molecule has 0 heterocycles. The van der Waals surface area contributed by atoms with Gasteiger partial charge in [-0.25, -0.2) is 4.79 Å². The molecule has 8 fully saturated rings. The van der Waals surface area contributed by atoms with Crippen molar-refractivity contribution in [2.45, 2.75) is 88.8 Å². The highest BCUT2D eigenvalue weighted by molar-refractivity contribution is 5.82. The Balaban J connectivity index is 1.15. The minimum Gasteiger partial charge on any atom is -0.459 e. The van der Waals surface area contributed by atoms with E-state index in [-0.39, 0.29) is 34.5 Å². The van der Waals surface area contributed by atoms with E-state index in [0.717, 1.165) is 62.7 Å². The van der Waals surface area contributed by atoms with E-state index >= 15 is 0 Å². The van der Waals surface area contributed by atoms with Crippen LogP contribution in [0.2, 0.25) is 0 Å². The van der Waals surface area contributed by atoms with Crippen LogP contribution >= 0.6 is 0 Å². The van der Waals surface area contributed by atoms with Crippen LogP contribution < -0.4 is 0 Å². The van der Waals surface area contributed by atoms with Gasteiger partial charge in [0.05, 0.1) is 5.92 Å². The van der Waals surface area contributed by atoms with Crippen molar-refractivity contribution in [3.05, 3.63) is 12.7 Å². The highest BCUT2D eigenvalue weighted by Gasteiger charge is 2.78. The quantitative estimate of drug-likeness (QED) is 0.360. The topological polar surface area (TPSA) is 52.6 Å². The first-order chi connectivity index (χ1) is 14.8. The van der Waals surface area contributed by atoms with Crippen LogP contribution in [0.3, 0.4) is 0 Å². The Bertz CT molecular complexity index is 826. The smallest absolute Gasteiger partial charge is 0.330 e. The third-order valence-corrected chi connectivity index (χ3v) is 11.4. The molecule has 8 bridgehead atoms. The van der Waals surface area contributed by atoms with Crippen molar-refractivity contribution in [1.29, 1.82) is 0 Å². The molecule has 8 aliphatic carbocycles. The molecule has 4 heteroatoms. The molecule has 8 aliphatic rings. The van der Waals surface area contributed by atoms with Gasteiger partial charge in [0.15, 0.2) is 0 Å². The summed E-state index contributed by atoms with van der Waals surface area (Å²) in [5.41, 5.74) is -0.459. The Kier molecular flexibility index (Phi) is 3.69. The van der Waals surface area contributed by atoms with Gasteiger partial charge in [0.2, 0.25) is 0 Å². The highest BCUT2D eigenvalue weighted by Crippen LogP contribution is 2.76. The summed E-state index contributed by atoms with van der Waals surface area (Å²) in [7, 11) is 0. The zero-order chi connectivity index (χ0) is 21.2. The monoisotopic (exact) mass is 424 g/mol. The van der Waals surface area contributed by atoms with Crippen molar-refractivity contribution in [1.82, 2.24) is 0 Å². The minimum absolute atomic E-state index is 0.0153. The summed E-state index contributed by atoms with van der Waals surface area (Å²) in [6, 6.07) is 0. The number of fused-ring (bicyclic) bond motifs is 9. The molecule has 0 aromatic carbocycles. The first-order valence-corrected chi connectivity index (χ1v) is 12.9. The predicted octanol–water partition coefficient (Wildman–Crippen LogP) is 5.06. The Morgan fingerprint density at radius 1 is 0.935 bits per heavy atom. The molecule has 0 aromatic rings. The molecule has 31 heavy (non-hydrogen) atoms. The lowest BCUT2D eigenvalue weighted by Gasteiger charge is -2.56. The van der Waals surface area contributed by atoms with E-state index in [1.54, 1.807) is 0 Å². The summed E-state index contributed by atoms with van der Waals surface area (Å²) in [6.07, 6.45) is 14.1. The lowest BCUT2D eigenvalue weighted by atomic mass is 9.54. The second-order valence-electron chi connectivity index (χ2n) is 13.0.